The van der Waals surface area contributed by atoms with Crippen LogP contribution in [0.1, 0.15) is 96.8 Å². The van der Waals surface area contributed by atoms with Crippen molar-refractivity contribution in [2.24, 2.45) is 0 Å². The van der Waals surface area contributed by atoms with Crippen LogP contribution in [0.3, 0.4) is 0 Å². The minimum atomic E-state index is -0.827. The van der Waals surface area contributed by atoms with Gasteiger partial charge in [0, 0.05) is 6.08 Å². The summed E-state index contributed by atoms with van der Waals surface area (Å²) in [5.74, 6) is -0.302. The van der Waals surface area contributed by atoms with Gasteiger partial charge in [0.15, 0.2) is 0 Å². The minimum Gasteiger partial charge on any atom is -0.460 e. The molecule has 154 valence electrons. The molecule has 0 radical (unpaired) electrons. The van der Waals surface area contributed by atoms with Gasteiger partial charge in [-0.15, -0.1) is 21.8 Å². The Hall–Kier alpha value is 0.157. The van der Waals surface area contributed by atoms with Gasteiger partial charge in [0.05, 0.1) is 6.10 Å². The Bertz CT molecular complexity index is 353. The second-order valence-electron chi connectivity index (χ2n) is 8.31. The maximum atomic E-state index is 11.1. The van der Waals surface area contributed by atoms with Gasteiger partial charge in [0.1, 0.15) is 5.57 Å². The van der Waals surface area contributed by atoms with E-state index in [2.05, 4.69) is 41.5 Å². The topological polar surface area (TPSA) is 26.3 Å². The molecule has 0 saturated carbocycles. The molecule has 1 unspecified atom stereocenters. The van der Waals surface area contributed by atoms with Gasteiger partial charge in [0.2, 0.25) is 0 Å². The molecule has 0 spiro atoms. The summed E-state index contributed by atoms with van der Waals surface area (Å²) in [5, 5.41) is 0. The molecule has 0 aromatic heterocycles. The van der Waals surface area contributed by atoms with E-state index in [0.717, 1.165) is 12.8 Å². The molecule has 26 heavy (non-hydrogen) atoms. The monoisotopic (exact) mass is 494 g/mol. The highest BCUT2D eigenvalue weighted by Gasteiger charge is 2.14. The fourth-order valence-electron chi connectivity index (χ4n) is 3.23. The average molecular weight is 495 g/mol. The van der Waals surface area contributed by atoms with Crippen LogP contribution in [0.15, 0.2) is 12.7 Å². The summed E-state index contributed by atoms with van der Waals surface area (Å²) in [6.45, 7) is 10.3. The summed E-state index contributed by atoms with van der Waals surface area (Å²) in [6, 6.07) is 1.49. The van der Waals surface area contributed by atoms with Crippen molar-refractivity contribution in [3.8, 4) is 0 Å². The quantitative estimate of drug-likeness (QED) is 0.0479. The Kier molecular flexibility index (Phi) is 17.4. The molecule has 0 fully saturated rings. The van der Waals surface area contributed by atoms with E-state index in [0.29, 0.717) is 0 Å². The van der Waals surface area contributed by atoms with Crippen molar-refractivity contribution in [3.63, 3.8) is 0 Å². The zero-order valence-electron chi connectivity index (χ0n) is 17.7. The normalized spacial score (nSPS) is 12.8. The van der Waals surface area contributed by atoms with Crippen LogP contribution in [0.2, 0.25) is 19.1 Å². The van der Waals surface area contributed by atoms with E-state index in [9.17, 15) is 4.79 Å². The van der Waals surface area contributed by atoms with Gasteiger partial charge in [-0.1, -0.05) is 96.7 Å². The largest absolute Gasteiger partial charge is 0.460 e. The van der Waals surface area contributed by atoms with Crippen LogP contribution in [-0.4, -0.2) is 17.6 Å². The summed E-state index contributed by atoms with van der Waals surface area (Å²) in [4.78, 5) is 11.1. The molecule has 0 saturated heterocycles. The Morgan fingerprint density at radius 2 is 1.27 bits per heavy atom. The number of carbonyl (C=O) groups is 1. The van der Waals surface area contributed by atoms with Crippen LogP contribution < -0.4 is 0 Å². The third kappa shape index (κ3) is 20.5. The predicted octanol–water partition coefficient (Wildman–Crippen LogP) is 8.21. The lowest BCUT2D eigenvalue weighted by atomic mass is 10.0. The average Bonchev–Trinajstić information content (AvgIpc) is 2.57. The first-order valence-electron chi connectivity index (χ1n) is 10.9. The van der Waals surface area contributed by atoms with E-state index in [4.69, 9.17) is 4.74 Å². The Morgan fingerprint density at radius 1 is 0.885 bits per heavy atom. The molecule has 0 aromatic carbocycles. The van der Waals surface area contributed by atoms with E-state index in [-0.39, 0.29) is 12.1 Å². The van der Waals surface area contributed by atoms with Crippen molar-refractivity contribution in [3.05, 3.63) is 12.7 Å². The molecule has 0 aliphatic heterocycles. The summed E-state index contributed by atoms with van der Waals surface area (Å²) >= 11 is 2.70. The van der Waals surface area contributed by atoms with Gasteiger partial charge >= 0.3 is 5.97 Å². The van der Waals surface area contributed by atoms with E-state index < -0.39 is 5.57 Å². The van der Waals surface area contributed by atoms with Crippen LogP contribution >= 0.6 is 21.8 Å². The SMILES string of the molecule is C=CC(=O)OC(C)CCCCCCCCCCCCCCC[Si](C)(C)I. The zero-order chi connectivity index (χ0) is 19.7. The molecule has 0 heterocycles. The van der Waals surface area contributed by atoms with Gasteiger partial charge in [-0.05, 0) is 25.8 Å². The van der Waals surface area contributed by atoms with Crippen molar-refractivity contribution in [1.82, 2.24) is 0 Å². The molecule has 2 nitrogen and oxygen atoms in total. The Balaban J connectivity index is 3.18. The van der Waals surface area contributed by atoms with Gasteiger partial charge in [-0.25, -0.2) is 4.79 Å². The molecule has 1 atom stereocenters. The molecule has 0 aliphatic rings. The van der Waals surface area contributed by atoms with E-state index in [1.54, 1.807) is 0 Å². The fourth-order valence-corrected chi connectivity index (χ4v) is 5.46. The maximum absolute atomic E-state index is 11.1. The van der Waals surface area contributed by atoms with Crippen molar-refractivity contribution < 1.29 is 9.53 Å². The number of hydrogen-bond acceptors (Lipinski definition) is 2. The van der Waals surface area contributed by atoms with Crippen LogP contribution in [-0.2, 0) is 9.53 Å². The van der Waals surface area contributed by atoms with Crippen LogP contribution in [0.5, 0.6) is 0 Å². The van der Waals surface area contributed by atoms with Crippen molar-refractivity contribution in [1.29, 1.82) is 0 Å². The zero-order valence-corrected chi connectivity index (χ0v) is 20.8. The smallest absolute Gasteiger partial charge is 0.330 e. The number of ether oxygens (including phenoxy) is 1. The van der Waals surface area contributed by atoms with Gasteiger partial charge in [-0.2, -0.15) is 0 Å². The standard InChI is InChI=1S/C22H43IO2Si/c1-5-22(24)25-21(2)19-17-15-13-11-9-7-6-8-10-12-14-16-18-20-26(3,4)23/h5,21H,1,6-20H2,2-4H3. The van der Waals surface area contributed by atoms with E-state index in [1.807, 2.05) is 6.92 Å². The molecule has 0 amide bonds. The van der Waals surface area contributed by atoms with E-state index >= 15 is 0 Å². The molecule has 0 aromatic rings. The minimum absolute atomic E-state index is 0.0237. The number of halogens is 1. The van der Waals surface area contributed by atoms with Crippen LogP contribution in [0.4, 0.5) is 0 Å². The molecule has 0 rings (SSSR count). The highest BCUT2D eigenvalue weighted by Crippen LogP contribution is 2.22. The van der Waals surface area contributed by atoms with Gasteiger partial charge in [-0.3, -0.25) is 0 Å². The Morgan fingerprint density at radius 3 is 1.65 bits per heavy atom. The Labute approximate surface area is 177 Å². The summed E-state index contributed by atoms with van der Waals surface area (Å²) in [5.41, 5.74) is -0.827. The number of rotatable bonds is 18. The second kappa shape index (κ2) is 17.3. The lowest BCUT2D eigenvalue weighted by Gasteiger charge is -2.12. The maximum Gasteiger partial charge on any atom is 0.330 e. The third-order valence-electron chi connectivity index (χ3n) is 4.87. The molecular weight excluding hydrogens is 451 g/mol. The van der Waals surface area contributed by atoms with Gasteiger partial charge in [0.25, 0.3) is 0 Å². The molecule has 0 N–H and O–H groups in total. The highest BCUT2D eigenvalue weighted by atomic mass is 127. The number of hydrogen-bond donors (Lipinski definition) is 0. The highest BCUT2D eigenvalue weighted by molar-refractivity contribution is 14.1. The molecule has 0 aliphatic carbocycles. The number of unbranched alkanes of at least 4 members (excludes halogenated alkanes) is 12. The predicted molar refractivity (Wildman–Crippen MR) is 127 cm³/mol. The summed E-state index contributed by atoms with van der Waals surface area (Å²) in [7, 11) is 0. The summed E-state index contributed by atoms with van der Waals surface area (Å²) in [6.07, 6.45) is 20.2. The molecular formula is C22H43IO2Si. The van der Waals surface area contributed by atoms with E-state index in [1.165, 1.54) is 89.2 Å². The van der Waals surface area contributed by atoms with Gasteiger partial charge < -0.3 is 4.74 Å². The first-order chi connectivity index (χ1) is 12.3. The second-order valence-corrected chi connectivity index (χ2v) is 21.0. The van der Waals surface area contributed by atoms with Crippen LogP contribution in [0.25, 0.3) is 0 Å². The number of carbonyl (C=O) groups excluding carboxylic acids is 1. The lowest BCUT2D eigenvalue weighted by molar-refractivity contribution is -0.142. The number of esters is 1. The molecule has 4 heteroatoms. The van der Waals surface area contributed by atoms with Crippen molar-refractivity contribution >= 4 is 33.3 Å². The third-order valence-corrected chi connectivity index (χ3v) is 8.03. The van der Waals surface area contributed by atoms with Crippen molar-refractivity contribution in [2.75, 3.05) is 0 Å². The molecule has 0 bridgehead atoms. The first-order valence-corrected chi connectivity index (χ1v) is 17.2. The van der Waals surface area contributed by atoms with Crippen LogP contribution in [0, 0.1) is 0 Å². The first kappa shape index (κ1) is 26.2. The lowest BCUT2D eigenvalue weighted by Crippen LogP contribution is -2.13. The summed E-state index contributed by atoms with van der Waals surface area (Å²) < 4.78 is 5.17. The fraction of sp³-hybridized carbons (Fsp3) is 0.864. The van der Waals surface area contributed by atoms with Crippen molar-refractivity contribution in [2.45, 2.75) is 122 Å².